The quantitative estimate of drug-likeness (QED) is 0.462. The molecule has 0 unspecified atom stereocenters. The molecule has 0 fully saturated rings. The average molecular weight is 174 g/mol. The zero-order valence-corrected chi connectivity index (χ0v) is 6.10. The molecule has 0 aliphatic rings. The molecule has 0 radical (unpaired) electrons. The van der Waals surface area contributed by atoms with Gasteiger partial charge in [-0.15, -0.1) is 0 Å². The van der Waals surface area contributed by atoms with Crippen LogP contribution in [0.25, 0.3) is 0 Å². The van der Waals surface area contributed by atoms with Crippen molar-refractivity contribution in [2.75, 3.05) is 19.8 Å². The van der Waals surface area contributed by atoms with Gasteiger partial charge in [0, 0.05) is 6.61 Å². The van der Waals surface area contributed by atoms with Crippen molar-refractivity contribution < 1.29 is 9.84 Å². The van der Waals surface area contributed by atoms with Gasteiger partial charge in [0.05, 0.1) is 13.2 Å². The van der Waals surface area contributed by atoms with Crippen molar-refractivity contribution in [2.45, 2.75) is 26.2 Å². The Hall–Kier alpha value is 1.18. The van der Waals surface area contributed by atoms with Crippen LogP contribution in [0.5, 0.6) is 0 Å². The van der Waals surface area contributed by atoms with Gasteiger partial charge < -0.3 is 9.84 Å². The van der Waals surface area contributed by atoms with Gasteiger partial charge in [0.1, 0.15) is 0 Å². The molecule has 0 atom stereocenters. The molecule has 0 heterocycles. The number of ether oxygens (including phenoxy) is 1. The zero-order valence-electron chi connectivity index (χ0n) is 6.10. The van der Waals surface area contributed by atoms with Gasteiger partial charge in [-0.2, -0.15) is 0 Å². The third kappa shape index (κ3) is 11.9. The molecule has 0 aromatic heterocycles. The van der Waals surface area contributed by atoms with E-state index in [1.54, 1.807) is 0 Å². The molecule has 0 aromatic carbocycles. The van der Waals surface area contributed by atoms with Crippen LogP contribution in [0, 0.1) is 0 Å². The SMILES string of the molecule is CCCCCOCCO.[CaH2]. The van der Waals surface area contributed by atoms with Gasteiger partial charge in [-0.25, -0.2) is 0 Å². The van der Waals surface area contributed by atoms with Crippen LogP contribution in [-0.2, 0) is 4.74 Å². The third-order valence-electron chi connectivity index (χ3n) is 1.13. The summed E-state index contributed by atoms with van der Waals surface area (Å²) in [7, 11) is 0. The van der Waals surface area contributed by atoms with Gasteiger partial charge in [-0.05, 0) is 6.42 Å². The maximum absolute atomic E-state index is 8.30. The first-order valence-electron chi connectivity index (χ1n) is 3.60. The molecule has 1 N–H and O–H groups in total. The van der Waals surface area contributed by atoms with Crippen LogP contribution >= 0.6 is 0 Å². The van der Waals surface area contributed by atoms with Gasteiger partial charge in [0.2, 0.25) is 0 Å². The molecular formula is C7H18CaO2. The molecule has 0 amide bonds. The number of hydrogen-bond acceptors (Lipinski definition) is 2. The molecule has 0 aromatic rings. The summed E-state index contributed by atoms with van der Waals surface area (Å²) in [5, 5.41) is 8.30. The summed E-state index contributed by atoms with van der Waals surface area (Å²) in [6, 6.07) is 0. The number of unbranched alkanes of at least 4 members (excludes halogenated alkanes) is 2. The first kappa shape index (κ1) is 13.7. The van der Waals surface area contributed by atoms with E-state index >= 15 is 0 Å². The fourth-order valence-electron chi connectivity index (χ4n) is 0.621. The van der Waals surface area contributed by atoms with Crippen LogP contribution in [-0.4, -0.2) is 62.7 Å². The molecular weight excluding hydrogens is 156 g/mol. The summed E-state index contributed by atoms with van der Waals surface area (Å²) in [5.41, 5.74) is 0. The van der Waals surface area contributed by atoms with E-state index < -0.39 is 0 Å². The molecule has 3 heteroatoms. The summed E-state index contributed by atoms with van der Waals surface area (Å²) in [5.74, 6) is 0. The third-order valence-corrected chi connectivity index (χ3v) is 1.13. The first-order valence-corrected chi connectivity index (χ1v) is 3.60. The summed E-state index contributed by atoms with van der Waals surface area (Å²) < 4.78 is 5.03. The normalized spacial score (nSPS) is 9.00. The van der Waals surface area contributed by atoms with Crippen LogP contribution in [0.1, 0.15) is 26.2 Å². The maximum atomic E-state index is 8.30. The Morgan fingerprint density at radius 3 is 2.40 bits per heavy atom. The molecule has 0 saturated heterocycles. The topological polar surface area (TPSA) is 29.5 Å². The van der Waals surface area contributed by atoms with Crippen molar-refractivity contribution in [1.29, 1.82) is 0 Å². The number of aliphatic hydroxyl groups is 1. The fourth-order valence-corrected chi connectivity index (χ4v) is 0.621. The van der Waals surface area contributed by atoms with E-state index in [0.717, 1.165) is 13.0 Å². The second kappa shape index (κ2) is 12.8. The molecule has 0 spiro atoms. The Balaban J connectivity index is 0. The van der Waals surface area contributed by atoms with Crippen molar-refractivity contribution >= 4 is 37.7 Å². The van der Waals surface area contributed by atoms with Crippen LogP contribution in [0.3, 0.4) is 0 Å². The summed E-state index contributed by atoms with van der Waals surface area (Å²) in [6.45, 7) is 3.59. The Morgan fingerprint density at radius 2 is 1.90 bits per heavy atom. The fraction of sp³-hybridized carbons (Fsp3) is 1.00. The van der Waals surface area contributed by atoms with Gasteiger partial charge in [-0.3, -0.25) is 0 Å². The van der Waals surface area contributed by atoms with E-state index in [4.69, 9.17) is 9.84 Å². The van der Waals surface area contributed by atoms with Gasteiger partial charge in [0.25, 0.3) is 0 Å². The second-order valence-electron chi connectivity index (χ2n) is 2.04. The van der Waals surface area contributed by atoms with E-state index in [-0.39, 0.29) is 44.3 Å². The van der Waals surface area contributed by atoms with Gasteiger partial charge in [0.15, 0.2) is 0 Å². The molecule has 0 rings (SSSR count). The Bertz CT molecular complexity index is 44.9. The number of aliphatic hydroxyl groups excluding tert-OH is 1. The molecule has 2 nitrogen and oxygen atoms in total. The standard InChI is InChI=1S/C7H16O2.Ca.2H/c1-2-3-4-6-9-7-5-8;;;/h8H,2-7H2,1H3;;;. The summed E-state index contributed by atoms with van der Waals surface area (Å²) >= 11 is 0. The van der Waals surface area contributed by atoms with E-state index in [0.29, 0.717) is 6.61 Å². The van der Waals surface area contributed by atoms with E-state index in [1.165, 1.54) is 12.8 Å². The monoisotopic (exact) mass is 174 g/mol. The zero-order chi connectivity index (χ0) is 6.95. The summed E-state index contributed by atoms with van der Waals surface area (Å²) in [6.07, 6.45) is 3.57. The Kier molecular flexibility index (Phi) is 17.6. The predicted octanol–water partition coefficient (Wildman–Crippen LogP) is 0.269. The molecule has 0 saturated carbocycles. The Labute approximate surface area is 93.0 Å². The van der Waals surface area contributed by atoms with Crippen LogP contribution in [0.4, 0.5) is 0 Å². The van der Waals surface area contributed by atoms with E-state index in [1.807, 2.05) is 0 Å². The van der Waals surface area contributed by atoms with Crippen molar-refractivity contribution in [2.24, 2.45) is 0 Å². The molecule has 60 valence electrons. The molecule has 0 bridgehead atoms. The van der Waals surface area contributed by atoms with Crippen molar-refractivity contribution in [3.05, 3.63) is 0 Å². The summed E-state index contributed by atoms with van der Waals surface area (Å²) in [4.78, 5) is 0. The van der Waals surface area contributed by atoms with Gasteiger partial charge in [-0.1, -0.05) is 19.8 Å². The van der Waals surface area contributed by atoms with Crippen LogP contribution < -0.4 is 0 Å². The van der Waals surface area contributed by atoms with Gasteiger partial charge >= 0.3 is 37.7 Å². The average Bonchev–Trinajstić information content (AvgIpc) is 1.89. The van der Waals surface area contributed by atoms with Crippen molar-refractivity contribution in [3.8, 4) is 0 Å². The van der Waals surface area contributed by atoms with Crippen molar-refractivity contribution in [1.82, 2.24) is 0 Å². The predicted molar refractivity (Wildman–Crippen MR) is 46.0 cm³/mol. The minimum absolute atomic E-state index is 0. The number of hydrogen-bond donors (Lipinski definition) is 1. The van der Waals surface area contributed by atoms with E-state index in [9.17, 15) is 0 Å². The van der Waals surface area contributed by atoms with Crippen LogP contribution in [0.15, 0.2) is 0 Å². The number of rotatable bonds is 6. The molecule has 0 aliphatic carbocycles. The van der Waals surface area contributed by atoms with Crippen LogP contribution in [0.2, 0.25) is 0 Å². The Morgan fingerprint density at radius 1 is 1.20 bits per heavy atom. The first-order chi connectivity index (χ1) is 4.41. The van der Waals surface area contributed by atoms with E-state index in [2.05, 4.69) is 6.92 Å². The van der Waals surface area contributed by atoms with Crippen molar-refractivity contribution in [3.63, 3.8) is 0 Å². The molecule has 10 heavy (non-hydrogen) atoms. The second-order valence-corrected chi connectivity index (χ2v) is 2.04. The molecule has 0 aliphatic heterocycles. The minimum atomic E-state index is 0.